The van der Waals surface area contributed by atoms with Crippen LogP contribution in [0.2, 0.25) is 0 Å². The Bertz CT molecular complexity index is 2120. The number of allylic oxidation sites excluding steroid dienone is 5. The van der Waals surface area contributed by atoms with E-state index < -0.39 is 18.0 Å². The van der Waals surface area contributed by atoms with Crippen LogP contribution >= 0.6 is 0 Å². The molecule has 0 saturated carbocycles. The zero-order chi connectivity index (χ0) is 34.3. The van der Waals surface area contributed by atoms with Gasteiger partial charge >= 0.3 is 11.9 Å². The molecule has 0 radical (unpaired) electrons. The molecule has 6 N–H and O–H groups in total. The van der Waals surface area contributed by atoms with E-state index in [1.165, 1.54) is 0 Å². The number of nitrogens with zero attached hydrogens (tertiary/aromatic N) is 2. The van der Waals surface area contributed by atoms with Crippen LogP contribution in [-0.4, -0.2) is 53.9 Å². The summed E-state index contributed by atoms with van der Waals surface area (Å²) in [5.74, 6) is -2.14. The Labute approximate surface area is 272 Å². The number of aliphatic carboxylic acids is 2. The van der Waals surface area contributed by atoms with E-state index in [-0.39, 0.29) is 31.5 Å². The van der Waals surface area contributed by atoms with Gasteiger partial charge in [0.1, 0.15) is 0 Å². The van der Waals surface area contributed by atoms with Gasteiger partial charge < -0.3 is 25.9 Å². The van der Waals surface area contributed by atoms with Gasteiger partial charge in [0.25, 0.3) is 0 Å². The molecule has 0 unspecified atom stereocenters. The fraction of sp³-hybridized carbons (Fsp3) is 0.270. The minimum absolute atomic E-state index is 0.0787. The summed E-state index contributed by atoms with van der Waals surface area (Å²) in [6.45, 7) is 17.4. The number of nitrogens with two attached hydrogens (primary N) is 1. The number of aromatic amines is 2. The highest BCUT2D eigenvalue weighted by molar-refractivity contribution is 6.13. The molecule has 5 rings (SSSR count). The van der Waals surface area contributed by atoms with E-state index in [0.29, 0.717) is 50.4 Å². The van der Waals surface area contributed by atoms with Crippen LogP contribution in [0.5, 0.6) is 0 Å². The van der Waals surface area contributed by atoms with Crippen LogP contribution in [0.25, 0.3) is 50.4 Å². The van der Waals surface area contributed by atoms with Crippen molar-refractivity contribution >= 4 is 68.2 Å². The first-order chi connectivity index (χ1) is 22.3. The molecule has 0 spiro atoms. The number of aryl methyl sites for hydroxylation is 3. The smallest absolute Gasteiger partial charge is 0.303 e. The second-order valence-corrected chi connectivity index (χ2v) is 12.0. The van der Waals surface area contributed by atoms with Crippen LogP contribution in [0.4, 0.5) is 0 Å². The summed E-state index contributed by atoms with van der Waals surface area (Å²) in [7, 11) is 0. The molecule has 242 valence electrons. The number of hydrogen-bond donors (Lipinski definition) is 5. The number of carbonyl (C=O) groups excluding carboxylic acids is 1. The maximum Gasteiger partial charge on any atom is 0.303 e. The highest BCUT2D eigenvalue weighted by Crippen LogP contribution is 2.38. The summed E-state index contributed by atoms with van der Waals surface area (Å²) in [4.78, 5) is 54.0. The Morgan fingerprint density at radius 1 is 0.830 bits per heavy atom. The summed E-state index contributed by atoms with van der Waals surface area (Å²) in [6, 6.07) is 4.81. The van der Waals surface area contributed by atoms with Gasteiger partial charge in [-0.3, -0.25) is 14.4 Å². The van der Waals surface area contributed by atoms with Crippen LogP contribution in [0.15, 0.2) is 37.4 Å². The molecule has 8 bridgehead atoms. The monoisotopic (exact) mass is 633 g/mol. The van der Waals surface area contributed by atoms with Gasteiger partial charge in [0.2, 0.25) is 0 Å². The Kier molecular flexibility index (Phi) is 9.00. The summed E-state index contributed by atoms with van der Waals surface area (Å²) < 4.78 is 0. The molecule has 1 atom stereocenters. The Hall–Kier alpha value is -5.35. The number of ketones is 1. The first-order valence-electron chi connectivity index (χ1n) is 15.4. The predicted molar refractivity (Wildman–Crippen MR) is 187 cm³/mol. The molecule has 3 aromatic rings. The molecule has 10 nitrogen and oxygen atoms in total. The Balaban J connectivity index is 2.04. The Morgan fingerprint density at radius 3 is 2.06 bits per heavy atom. The summed E-state index contributed by atoms with van der Waals surface area (Å²) >= 11 is 0. The molecule has 2 aliphatic rings. The van der Waals surface area contributed by atoms with Crippen LogP contribution in [-0.2, 0) is 16.0 Å². The normalized spacial score (nSPS) is 13.6. The third-order valence-corrected chi connectivity index (χ3v) is 9.02. The number of carbonyl (C=O) groups is 3. The first kappa shape index (κ1) is 33.0. The van der Waals surface area contributed by atoms with Crippen molar-refractivity contribution in [1.29, 1.82) is 0 Å². The average Bonchev–Trinajstić information content (AvgIpc) is 3.68. The maximum absolute atomic E-state index is 13.9. The number of Topliss-reactive ketones (excluding diaryl/α,β-unsaturated/α-hetero) is 1. The van der Waals surface area contributed by atoms with Crippen molar-refractivity contribution in [2.45, 2.75) is 66.3 Å². The SMILES string of the molecule is C=CC1=C(C)c2nc1cc1[nH]c(cc3nc(cc4[nH]c(c(C=C)c4C)c2C(=O)[C@H](C)N)C(C)=C3CCC(=O)O)c(CCC(=O)O)c1C. The number of carboxylic acids is 2. The van der Waals surface area contributed by atoms with Crippen molar-refractivity contribution in [1.82, 2.24) is 19.9 Å². The number of aromatic nitrogens is 4. The molecule has 0 aliphatic carbocycles. The zero-order valence-electron chi connectivity index (χ0n) is 27.3. The second-order valence-electron chi connectivity index (χ2n) is 12.0. The van der Waals surface area contributed by atoms with Gasteiger partial charge in [0.15, 0.2) is 5.78 Å². The lowest BCUT2D eigenvalue weighted by Gasteiger charge is -2.09. The van der Waals surface area contributed by atoms with Crippen molar-refractivity contribution < 1.29 is 24.6 Å². The minimum Gasteiger partial charge on any atom is -0.481 e. The highest BCUT2D eigenvalue weighted by Gasteiger charge is 2.27. The molecule has 0 saturated heterocycles. The summed E-state index contributed by atoms with van der Waals surface area (Å²) in [6.07, 6.45) is 3.77. The lowest BCUT2D eigenvalue weighted by molar-refractivity contribution is -0.137. The lowest BCUT2D eigenvalue weighted by atomic mass is 9.96. The Morgan fingerprint density at radius 2 is 1.45 bits per heavy atom. The minimum atomic E-state index is -0.924. The fourth-order valence-corrected chi connectivity index (χ4v) is 6.35. The van der Waals surface area contributed by atoms with Gasteiger partial charge in [-0.25, -0.2) is 9.97 Å². The van der Waals surface area contributed by atoms with Crippen LogP contribution in [0.3, 0.4) is 0 Å². The average molecular weight is 634 g/mol. The largest absolute Gasteiger partial charge is 0.481 e. The first-order valence-corrected chi connectivity index (χ1v) is 15.4. The van der Waals surface area contributed by atoms with Gasteiger partial charge in [-0.15, -0.1) is 0 Å². The van der Waals surface area contributed by atoms with Gasteiger partial charge in [-0.05, 0) is 99.1 Å². The van der Waals surface area contributed by atoms with E-state index in [2.05, 4.69) is 23.1 Å². The fourth-order valence-electron chi connectivity index (χ4n) is 6.35. The maximum atomic E-state index is 13.9. The van der Waals surface area contributed by atoms with Crippen LogP contribution in [0, 0.1) is 13.8 Å². The van der Waals surface area contributed by atoms with E-state index in [9.17, 15) is 24.6 Å². The number of hydrogen-bond acceptors (Lipinski definition) is 6. The molecule has 0 aromatic carbocycles. The number of H-pyrrole nitrogens is 2. The van der Waals surface area contributed by atoms with E-state index in [4.69, 9.17) is 15.7 Å². The second kappa shape index (κ2) is 12.8. The summed E-state index contributed by atoms with van der Waals surface area (Å²) in [5.41, 5.74) is 17.8. The lowest BCUT2D eigenvalue weighted by Crippen LogP contribution is -2.27. The predicted octanol–water partition coefficient (Wildman–Crippen LogP) is 7.03. The van der Waals surface area contributed by atoms with E-state index in [1.54, 1.807) is 19.1 Å². The van der Waals surface area contributed by atoms with Crippen molar-refractivity contribution in [3.8, 4) is 0 Å². The topological polar surface area (TPSA) is 175 Å². The number of fused-ring (bicyclic) bond motifs is 8. The molecule has 2 aliphatic heterocycles. The van der Waals surface area contributed by atoms with Crippen molar-refractivity contribution in [3.05, 3.63) is 88.0 Å². The molecule has 0 fully saturated rings. The molecule has 0 amide bonds. The third-order valence-electron chi connectivity index (χ3n) is 9.02. The van der Waals surface area contributed by atoms with Gasteiger partial charge in [0, 0.05) is 40.5 Å². The van der Waals surface area contributed by atoms with E-state index in [1.807, 2.05) is 45.9 Å². The molecule has 10 heteroatoms. The number of rotatable bonds is 10. The van der Waals surface area contributed by atoms with E-state index in [0.717, 1.165) is 44.5 Å². The van der Waals surface area contributed by atoms with Crippen molar-refractivity contribution in [3.63, 3.8) is 0 Å². The molecule has 5 heterocycles. The van der Waals surface area contributed by atoms with Gasteiger partial charge in [-0.1, -0.05) is 25.3 Å². The molecule has 3 aromatic heterocycles. The van der Waals surface area contributed by atoms with Gasteiger partial charge in [-0.2, -0.15) is 0 Å². The molecular formula is C37H39N5O5. The van der Waals surface area contributed by atoms with Gasteiger partial charge in [0.05, 0.1) is 39.9 Å². The van der Waals surface area contributed by atoms with Crippen LogP contribution < -0.4 is 5.73 Å². The number of nitrogens with one attached hydrogen (secondary N) is 2. The third kappa shape index (κ3) is 5.99. The quantitative estimate of drug-likeness (QED) is 0.148. The molecule has 47 heavy (non-hydrogen) atoms. The van der Waals surface area contributed by atoms with Crippen molar-refractivity contribution in [2.24, 2.45) is 5.73 Å². The highest BCUT2D eigenvalue weighted by atomic mass is 16.4. The standard InChI is InChI=1S/C37H39N5O5/c1-8-22-20(6)35-34(37(47)21(7)38)36-23(9-2)17(3)28(41-36)14-26-18(4)24(10-12-32(43)44)30(39-26)16-31-25(11-13-33(45)46)19(5)27(40-31)15-29(22)42-35/h8-9,14-16,21,40-41H,1-2,10-13,38H2,3-7H3,(H,43,44)(H,45,46)/t21-/m0/s1. The number of carboxylic acid groups (broad SMARTS) is 2. The van der Waals surface area contributed by atoms with Crippen molar-refractivity contribution in [2.75, 3.05) is 0 Å². The summed E-state index contributed by atoms with van der Waals surface area (Å²) in [5, 5.41) is 19.0. The van der Waals surface area contributed by atoms with E-state index >= 15 is 0 Å². The zero-order valence-corrected chi connectivity index (χ0v) is 27.3. The molecular weight excluding hydrogens is 594 g/mol. The van der Waals surface area contributed by atoms with Crippen LogP contribution in [0.1, 0.15) is 95.4 Å².